The Morgan fingerprint density at radius 1 is 1.09 bits per heavy atom. The van der Waals surface area contributed by atoms with E-state index in [-0.39, 0.29) is 11.4 Å². The molecule has 0 spiro atoms. The zero-order chi connectivity index (χ0) is 26.0. The number of halogens is 1. The summed E-state index contributed by atoms with van der Waals surface area (Å²) < 4.78 is 21.7. The molecule has 0 fully saturated rings. The monoisotopic (exact) mass is 482 g/mol. The number of hydrogen-bond donors (Lipinski definition) is 2. The summed E-state index contributed by atoms with van der Waals surface area (Å²) >= 11 is 0. The molecule has 0 saturated heterocycles. The van der Waals surface area contributed by atoms with Gasteiger partial charge < -0.3 is 10.1 Å². The van der Waals surface area contributed by atoms with Crippen molar-refractivity contribution in [3.05, 3.63) is 58.9 Å². The van der Waals surface area contributed by atoms with Crippen LogP contribution in [0.5, 0.6) is 0 Å². The number of benzene rings is 1. The minimum absolute atomic E-state index is 0.283. The average molecular weight is 483 g/mol. The number of carbonyl (C=O) groups is 1. The molecule has 8 nitrogen and oxygen atoms in total. The zero-order valence-corrected chi connectivity index (χ0v) is 21.8. The maximum Gasteiger partial charge on any atom is 0.412 e. The smallest absolute Gasteiger partial charge is 0.412 e. The minimum Gasteiger partial charge on any atom is -0.444 e. The van der Waals surface area contributed by atoms with Gasteiger partial charge in [-0.3, -0.25) is 10.3 Å². The number of aryl methyl sites for hydroxylation is 4. The van der Waals surface area contributed by atoms with Crippen LogP contribution in [0.15, 0.2) is 30.5 Å². The van der Waals surface area contributed by atoms with Crippen molar-refractivity contribution < 1.29 is 13.9 Å². The van der Waals surface area contributed by atoms with Gasteiger partial charge in [0.2, 0.25) is 0 Å². The first-order chi connectivity index (χ1) is 16.2. The highest BCUT2D eigenvalue weighted by Crippen LogP contribution is 2.26. The summed E-state index contributed by atoms with van der Waals surface area (Å²) in [6.07, 6.45) is 2.07. The van der Waals surface area contributed by atoms with Crippen LogP contribution in [0.1, 0.15) is 64.2 Å². The van der Waals surface area contributed by atoms with Crippen molar-refractivity contribution in [2.75, 3.05) is 10.6 Å². The topological polar surface area (TPSA) is 94.0 Å². The number of rotatable bonds is 6. The van der Waals surface area contributed by atoms with Gasteiger partial charge in [0, 0.05) is 11.8 Å². The highest BCUT2D eigenvalue weighted by atomic mass is 19.1. The summed E-state index contributed by atoms with van der Waals surface area (Å²) in [5, 5.41) is 10.8. The fourth-order valence-electron chi connectivity index (χ4n) is 3.52. The molecule has 9 heteroatoms. The summed E-state index contributed by atoms with van der Waals surface area (Å²) in [4.78, 5) is 21.0. The molecule has 0 unspecified atom stereocenters. The van der Waals surface area contributed by atoms with Crippen molar-refractivity contribution in [2.45, 2.75) is 79.4 Å². The van der Waals surface area contributed by atoms with Crippen LogP contribution < -0.4 is 10.6 Å². The molecule has 2 N–H and O–H groups in total. The van der Waals surface area contributed by atoms with Crippen LogP contribution in [-0.4, -0.2) is 31.4 Å². The Morgan fingerprint density at radius 2 is 1.80 bits per heavy atom. The SMILES string of the molecule is Cc1cnc(Nc2cc(CCc3cc(NC(=O)OC(C)(C)C)ccc3F)nn2C(C)(C)C)c(C)n1. The second kappa shape index (κ2) is 10.0. The van der Waals surface area contributed by atoms with E-state index in [4.69, 9.17) is 9.84 Å². The van der Waals surface area contributed by atoms with E-state index in [0.29, 0.717) is 29.9 Å². The lowest BCUT2D eigenvalue weighted by Crippen LogP contribution is -2.27. The van der Waals surface area contributed by atoms with Crippen molar-refractivity contribution >= 4 is 23.4 Å². The molecule has 0 aliphatic heterocycles. The third-order valence-electron chi connectivity index (χ3n) is 5.05. The molecular weight excluding hydrogens is 447 g/mol. The molecule has 2 aromatic heterocycles. The van der Waals surface area contributed by atoms with E-state index in [2.05, 4.69) is 41.4 Å². The number of nitrogens with one attached hydrogen (secondary N) is 2. The van der Waals surface area contributed by atoms with Gasteiger partial charge in [-0.15, -0.1) is 0 Å². The Morgan fingerprint density at radius 3 is 2.43 bits per heavy atom. The molecule has 2 heterocycles. The van der Waals surface area contributed by atoms with Crippen LogP contribution in [-0.2, 0) is 23.1 Å². The number of aromatic nitrogens is 4. The van der Waals surface area contributed by atoms with Gasteiger partial charge >= 0.3 is 6.09 Å². The third kappa shape index (κ3) is 7.24. The molecule has 0 atom stereocenters. The molecule has 188 valence electrons. The quantitative estimate of drug-likeness (QED) is 0.444. The van der Waals surface area contributed by atoms with Crippen molar-refractivity contribution in [1.29, 1.82) is 0 Å². The first kappa shape index (κ1) is 26.1. The standard InChI is InChI=1S/C26H35FN6O2/c1-16-15-28-23(17(2)29-16)31-22-14-20(32-33(22)25(3,4)5)10-9-18-13-19(11-12-21(18)27)30-24(34)35-26(6,7)8/h11-15H,9-10H2,1-8H3,(H,28,31)(H,30,34). The molecule has 3 rings (SSSR count). The van der Waals surface area contributed by atoms with Crippen molar-refractivity contribution in [1.82, 2.24) is 19.7 Å². The van der Waals surface area contributed by atoms with Crippen molar-refractivity contribution in [3.8, 4) is 0 Å². The van der Waals surface area contributed by atoms with Crippen molar-refractivity contribution in [2.24, 2.45) is 0 Å². The lowest BCUT2D eigenvalue weighted by molar-refractivity contribution is 0.0636. The van der Waals surface area contributed by atoms with Gasteiger partial charge in [0.05, 0.1) is 28.8 Å². The van der Waals surface area contributed by atoms with Gasteiger partial charge in [-0.1, -0.05) is 0 Å². The number of carbonyl (C=O) groups excluding carboxylic acids is 1. The summed E-state index contributed by atoms with van der Waals surface area (Å²) in [7, 11) is 0. The van der Waals surface area contributed by atoms with E-state index in [1.165, 1.54) is 12.1 Å². The Labute approximate surface area is 206 Å². The van der Waals surface area contributed by atoms with Gasteiger partial charge in [0.15, 0.2) is 5.82 Å². The molecule has 0 aliphatic rings. The Bertz CT molecular complexity index is 1210. The maximum absolute atomic E-state index is 14.5. The summed E-state index contributed by atoms with van der Waals surface area (Å²) in [6, 6.07) is 6.45. The maximum atomic E-state index is 14.5. The normalized spacial score (nSPS) is 11.9. The molecule has 1 amide bonds. The van der Waals surface area contributed by atoms with Gasteiger partial charge in [0.25, 0.3) is 0 Å². The van der Waals surface area contributed by atoms with Crippen LogP contribution in [0.25, 0.3) is 0 Å². The molecule has 1 aromatic carbocycles. The summed E-state index contributed by atoms with van der Waals surface area (Å²) in [5.41, 5.74) is 2.52. The van der Waals surface area contributed by atoms with E-state index in [9.17, 15) is 9.18 Å². The largest absolute Gasteiger partial charge is 0.444 e. The molecule has 3 aromatic rings. The van der Waals surface area contributed by atoms with Crippen molar-refractivity contribution in [3.63, 3.8) is 0 Å². The second-order valence-electron chi connectivity index (χ2n) is 10.6. The number of ether oxygens (including phenoxy) is 1. The van der Waals surface area contributed by atoms with E-state index in [0.717, 1.165) is 22.9 Å². The summed E-state index contributed by atoms with van der Waals surface area (Å²) in [5.74, 6) is 1.12. The molecular formula is C26H35FN6O2. The second-order valence-corrected chi connectivity index (χ2v) is 10.6. The molecule has 0 bridgehead atoms. The highest BCUT2D eigenvalue weighted by molar-refractivity contribution is 5.85. The molecule has 0 radical (unpaired) electrons. The number of hydrogen-bond acceptors (Lipinski definition) is 6. The first-order valence-electron chi connectivity index (χ1n) is 11.7. The van der Waals surface area contributed by atoms with Gasteiger partial charge in [-0.05, 0) is 92.0 Å². The van der Waals surface area contributed by atoms with E-state index < -0.39 is 11.7 Å². The van der Waals surface area contributed by atoms with Crippen LogP contribution in [0, 0.1) is 19.7 Å². The lowest BCUT2D eigenvalue weighted by atomic mass is 10.1. The predicted molar refractivity (Wildman–Crippen MR) is 136 cm³/mol. The molecule has 0 aliphatic carbocycles. The Hall–Kier alpha value is -3.49. The molecule has 0 saturated carbocycles. The van der Waals surface area contributed by atoms with Crippen LogP contribution >= 0.6 is 0 Å². The molecule has 35 heavy (non-hydrogen) atoms. The van der Waals surface area contributed by atoms with Gasteiger partial charge in [-0.25, -0.2) is 18.9 Å². The first-order valence-corrected chi connectivity index (χ1v) is 11.7. The Kier molecular flexibility index (Phi) is 7.47. The van der Waals surface area contributed by atoms with Crippen LogP contribution in [0.3, 0.4) is 0 Å². The van der Waals surface area contributed by atoms with E-state index in [1.807, 2.05) is 24.6 Å². The fourth-order valence-corrected chi connectivity index (χ4v) is 3.52. The third-order valence-corrected chi connectivity index (χ3v) is 5.05. The van der Waals surface area contributed by atoms with E-state index in [1.54, 1.807) is 33.0 Å². The fraction of sp³-hybridized carbons (Fsp3) is 0.462. The lowest BCUT2D eigenvalue weighted by Gasteiger charge is -2.22. The predicted octanol–water partition coefficient (Wildman–Crippen LogP) is 6.06. The van der Waals surface area contributed by atoms with Crippen LogP contribution in [0.2, 0.25) is 0 Å². The number of amides is 1. The van der Waals surface area contributed by atoms with Crippen LogP contribution in [0.4, 0.5) is 26.5 Å². The van der Waals surface area contributed by atoms with Gasteiger partial charge in [0.1, 0.15) is 17.2 Å². The number of anilines is 3. The highest BCUT2D eigenvalue weighted by Gasteiger charge is 2.21. The minimum atomic E-state index is -0.618. The van der Waals surface area contributed by atoms with E-state index >= 15 is 0 Å². The average Bonchev–Trinajstić information content (AvgIpc) is 3.12. The summed E-state index contributed by atoms with van der Waals surface area (Å²) in [6.45, 7) is 15.4. The Balaban J connectivity index is 1.78. The van der Waals surface area contributed by atoms with Gasteiger partial charge in [-0.2, -0.15) is 5.10 Å². The zero-order valence-electron chi connectivity index (χ0n) is 21.8. The number of nitrogens with zero attached hydrogens (tertiary/aromatic N) is 4.